The maximum Gasteiger partial charge on any atom is 0.200 e. The first-order chi connectivity index (χ1) is 15.3. The fraction of sp³-hybridized carbons (Fsp3) is 0.481. The average molecular weight is 435 g/mol. The minimum absolute atomic E-state index is 0.215. The molecule has 2 unspecified atom stereocenters. The third-order valence-electron chi connectivity index (χ3n) is 8.38. The minimum atomic E-state index is -0.369. The molecule has 2 saturated carbocycles. The van der Waals surface area contributed by atoms with Gasteiger partial charge in [0.05, 0.1) is 19.8 Å². The molecule has 0 aromatic heterocycles. The number of ketones is 1. The van der Waals surface area contributed by atoms with Gasteiger partial charge in [-0.2, -0.15) is 0 Å². The van der Waals surface area contributed by atoms with Crippen LogP contribution < -0.4 is 14.2 Å². The van der Waals surface area contributed by atoms with Crippen molar-refractivity contribution in [3.8, 4) is 17.2 Å². The van der Waals surface area contributed by atoms with Crippen molar-refractivity contribution in [2.75, 3.05) is 14.2 Å². The topological polar surface area (TPSA) is 61.8 Å². The van der Waals surface area contributed by atoms with Gasteiger partial charge in [0.15, 0.2) is 6.29 Å². The van der Waals surface area contributed by atoms with Crippen LogP contribution in [0.15, 0.2) is 30.3 Å². The number of benzene rings is 2. The first-order valence-corrected chi connectivity index (χ1v) is 11.3. The summed E-state index contributed by atoms with van der Waals surface area (Å²) in [6.07, 6.45) is 3.48. The van der Waals surface area contributed by atoms with Gasteiger partial charge in [-0.25, -0.2) is 0 Å². The second-order valence-electron chi connectivity index (χ2n) is 10.3. The smallest absolute Gasteiger partial charge is 0.200 e. The Bertz CT molecular complexity index is 1100. The summed E-state index contributed by atoms with van der Waals surface area (Å²) in [5.41, 5.74) is 1.86. The number of methoxy groups -OCH3 is 2. The largest absolute Gasteiger partial charge is 0.495 e. The van der Waals surface area contributed by atoms with E-state index in [9.17, 15) is 9.59 Å². The molecule has 0 bridgehead atoms. The van der Waals surface area contributed by atoms with Gasteiger partial charge >= 0.3 is 0 Å². The van der Waals surface area contributed by atoms with Gasteiger partial charge in [0.2, 0.25) is 5.78 Å². The van der Waals surface area contributed by atoms with E-state index in [-0.39, 0.29) is 22.7 Å². The molecule has 32 heavy (non-hydrogen) atoms. The lowest BCUT2D eigenvalue weighted by Crippen LogP contribution is -2.48. The first-order valence-electron chi connectivity index (χ1n) is 11.3. The van der Waals surface area contributed by atoms with Crippen LogP contribution in [0.2, 0.25) is 0 Å². The number of aldehydes is 1. The minimum Gasteiger partial charge on any atom is -0.495 e. The quantitative estimate of drug-likeness (QED) is 0.483. The van der Waals surface area contributed by atoms with Gasteiger partial charge in [-0.15, -0.1) is 0 Å². The molecular formula is C27H30O5. The lowest BCUT2D eigenvalue weighted by atomic mass is 9.71. The molecule has 0 spiro atoms. The number of carbonyl (C=O) groups excluding carboxylic acids is 2. The summed E-state index contributed by atoms with van der Waals surface area (Å²) in [6.45, 7) is 6.86. The third kappa shape index (κ3) is 2.83. The van der Waals surface area contributed by atoms with E-state index in [0.29, 0.717) is 58.5 Å². The second kappa shape index (κ2) is 7.09. The van der Waals surface area contributed by atoms with Gasteiger partial charge in [-0.3, -0.25) is 9.59 Å². The molecule has 5 nitrogen and oxygen atoms in total. The summed E-state index contributed by atoms with van der Waals surface area (Å²) >= 11 is 0. The van der Waals surface area contributed by atoms with Crippen molar-refractivity contribution < 1.29 is 23.8 Å². The van der Waals surface area contributed by atoms with Crippen LogP contribution in [0, 0.1) is 23.2 Å². The van der Waals surface area contributed by atoms with Crippen molar-refractivity contribution in [2.45, 2.75) is 45.6 Å². The van der Waals surface area contributed by atoms with Crippen LogP contribution in [-0.4, -0.2) is 31.9 Å². The zero-order chi connectivity index (χ0) is 22.8. The number of hydrogen-bond acceptors (Lipinski definition) is 5. The lowest BCUT2D eigenvalue weighted by Gasteiger charge is -2.46. The van der Waals surface area contributed by atoms with Crippen molar-refractivity contribution >= 4 is 12.1 Å². The molecule has 1 aliphatic heterocycles. The van der Waals surface area contributed by atoms with Crippen LogP contribution >= 0.6 is 0 Å². The standard InChI is InChI=1S/C27H30O5/c1-26(2)19-12-16-11-17-23(30-4)18(14-28)24(31-5)21(22(29)15-9-7-6-8-10-15)25(17)32-27(16,3)13-20(19)26/h6-10,14,16,19-20H,11-13H2,1-5H3/t16?,19-,20+,27?/m1/s1. The number of rotatable bonds is 5. The zero-order valence-electron chi connectivity index (χ0n) is 19.4. The van der Waals surface area contributed by atoms with E-state index < -0.39 is 0 Å². The fourth-order valence-electron chi connectivity index (χ4n) is 6.34. The molecule has 2 aliphatic carbocycles. The maximum absolute atomic E-state index is 13.7. The normalized spacial score (nSPS) is 29.0. The molecule has 0 N–H and O–H groups in total. The summed E-state index contributed by atoms with van der Waals surface area (Å²) in [5.74, 6) is 2.60. The maximum atomic E-state index is 13.7. The molecular weight excluding hydrogens is 404 g/mol. The van der Waals surface area contributed by atoms with Crippen LogP contribution in [0.25, 0.3) is 0 Å². The predicted molar refractivity (Wildman–Crippen MR) is 121 cm³/mol. The molecule has 3 aliphatic rings. The lowest BCUT2D eigenvalue weighted by molar-refractivity contribution is -0.0265. The number of ether oxygens (including phenoxy) is 3. The van der Waals surface area contributed by atoms with Crippen molar-refractivity contribution in [3.63, 3.8) is 0 Å². The highest BCUT2D eigenvalue weighted by Crippen LogP contribution is 2.69. The summed E-state index contributed by atoms with van der Waals surface area (Å²) in [6, 6.07) is 9.05. The summed E-state index contributed by atoms with van der Waals surface area (Å²) in [7, 11) is 3.02. The number of hydrogen-bond donors (Lipinski definition) is 0. The van der Waals surface area contributed by atoms with E-state index in [1.165, 1.54) is 7.11 Å². The molecule has 2 fully saturated rings. The van der Waals surface area contributed by atoms with Crippen molar-refractivity contribution in [2.24, 2.45) is 23.2 Å². The fourth-order valence-corrected chi connectivity index (χ4v) is 6.34. The monoisotopic (exact) mass is 434 g/mol. The highest BCUT2D eigenvalue weighted by atomic mass is 16.5. The van der Waals surface area contributed by atoms with Gasteiger partial charge < -0.3 is 14.2 Å². The molecule has 2 aromatic rings. The average Bonchev–Trinajstić information content (AvgIpc) is 3.31. The zero-order valence-corrected chi connectivity index (χ0v) is 19.4. The van der Waals surface area contributed by atoms with Crippen molar-refractivity contribution in [3.05, 3.63) is 52.6 Å². The Balaban J connectivity index is 1.71. The molecule has 5 rings (SSSR count). The Morgan fingerprint density at radius 3 is 2.38 bits per heavy atom. The van der Waals surface area contributed by atoms with Gasteiger partial charge in [0.25, 0.3) is 0 Å². The van der Waals surface area contributed by atoms with Crippen LogP contribution in [-0.2, 0) is 6.42 Å². The molecule has 5 heteroatoms. The van der Waals surface area contributed by atoms with Crippen LogP contribution in [0.4, 0.5) is 0 Å². The van der Waals surface area contributed by atoms with Gasteiger partial charge in [0, 0.05) is 17.0 Å². The Morgan fingerprint density at radius 2 is 1.75 bits per heavy atom. The molecule has 0 saturated heterocycles. The number of carbonyl (C=O) groups is 2. The van der Waals surface area contributed by atoms with Crippen LogP contribution in [0.5, 0.6) is 17.2 Å². The molecule has 0 amide bonds. The summed E-state index contributed by atoms with van der Waals surface area (Å²) in [5, 5.41) is 0. The van der Waals surface area contributed by atoms with E-state index in [1.807, 2.05) is 18.2 Å². The van der Waals surface area contributed by atoms with Crippen molar-refractivity contribution in [1.29, 1.82) is 0 Å². The first kappa shape index (κ1) is 21.0. The highest BCUT2D eigenvalue weighted by molar-refractivity contribution is 6.14. The molecule has 0 radical (unpaired) electrons. The second-order valence-corrected chi connectivity index (χ2v) is 10.3. The van der Waals surface area contributed by atoms with Gasteiger partial charge in [0.1, 0.15) is 28.4 Å². The van der Waals surface area contributed by atoms with E-state index in [2.05, 4.69) is 20.8 Å². The summed E-state index contributed by atoms with van der Waals surface area (Å²) < 4.78 is 18.1. The molecule has 168 valence electrons. The van der Waals surface area contributed by atoms with E-state index in [1.54, 1.807) is 19.2 Å². The Kier molecular flexibility index (Phi) is 4.66. The van der Waals surface area contributed by atoms with Crippen LogP contribution in [0.3, 0.4) is 0 Å². The van der Waals surface area contributed by atoms with Gasteiger partial charge in [-0.1, -0.05) is 44.2 Å². The third-order valence-corrected chi connectivity index (χ3v) is 8.38. The molecule has 1 heterocycles. The summed E-state index contributed by atoms with van der Waals surface area (Å²) in [4.78, 5) is 25.8. The Morgan fingerprint density at radius 1 is 1.06 bits per heavy atom. The van der Waals surface area contributed by atoms with Gasteiger partial charge in [-0.05, 0) is 43.4 Å². The molecule has 2 aromatic carbocycles. The Hall–Kier alpha value is -2.82. The predicted octanol–water partition coefficient (Wildman–Crippen LogP) is 5.12. The Labute approximate surface area is 189 Å². The highest BCUT2D eigenvalue weighted by Gasteiger charge is 2.65. The molecule has 4 atom stereocenters. The number of fused-ring (bicyclic) bond motifs is 3. The van der Waals surface area contributed by atoms with E-state index >= 15 is 0 Å². The van der Waals surface area contributed by atoms with Crippen LogP contribution in [0.1, 0.15) is 65.5 Å². The van der Waals surface area contributed by atoms with E-state index in [0.717, 1.165) is 18.4 Å². The van der Waals surface area contributed by atoms with E-state index in [4.69, 9.17) is 14.2 Å². The SMILES string of the molecule is COc1c(C=O)c(OC)c(C(=O)c2ccccc2)c2c1CC1C[C@@H]3[C@H](CC1(C)O2)C3(C)C. The van der Waals surface area contributed by atoms with Crippen molar-refractivity contribution in [1.82, 2.24) is 0 Å².